The van der Waals surface area contributed by atoms with Crippen LogP contribution in [-0.2, 0) is 0 Å². The highest BCUT2D eigenvalue weighted by molar-refractivity contribution is 4.95. The Bertz CT molecular complexity index is 166. The summed E-state index contributed by atoms with van der Waals surface area (Å²) in [6.07, 6.45) is 6.36. The van der Waals surface area contributed by atoms with E-state index in [4.69, 9.17) is 5.73 Å². The molecule has 2 nitrogen and oxygen atoms in total. The van der Waals surface area contributed by atoms with Gasteiger partial charge < -0.3 is 11.1 Å². The fourth-order valence-electron chi connectivity index (χ4n) is 2.21. The minimum atomic E-state index is -0.00585. The summed E-state index contributed by atoms with van der Waals surface area (Å²) in [7, 11) is 0. The molecule has 0 heterocycles. The Hall–Kier alpha value is -0.0800. The van der Waals surface area contributed by atoms with Crippen LogP contribution in [0.4, 0.5) is 0 Å². The summed E-state index contributed by atoms with van der Waals surface area (Å²) in [5.74, 6) is 0.942. The summed E-state index contributed by atoms with van der Waals surface area (Å²) in [4.78, 5) is 0. The molecule has 1 aliphatic carbocycles. The molecule has 3 unspecified atom stereocenters. The van der Waals surface area contributed by atoms with E-state index >= 15 is 0 Å². The standard InChI is InChI=1S/C12H26N2/c1-4-6-10-8-11(10)14-9-12(3,13)7-5-2/h10-11,14H,4-9,13H2,1-3H3. The molecule has 0 spiro atoms. The van der Waals surface area contributed by atoms with Gasteiger partial charge in [0.15, 0.2) is 0 Å². The second-order valence-electron chi connectivity index (χ2n) is 5.18. The van der Waals surface area contributed by atoms with Crippen LogP contribution in [0.25, 0.3) is 0 Å². The van der Waals surface area contributed by atoms with Crippen molar-refractivity contribution in [2.75, 3.05) is 6.54 Å². The molecule has 0 aromatic carbocycles. The van der Waals surface area contributed by atoms with E-state index in [1.165, 1.54) is 25.7 Å². The molecule has 3 N–H and O–H groups in total. The predicted molar refractivity (Wildman–Crippen MR) is 62.3 cm³/mol. The third-order valence-electron chi connectivity index (χ3n) is 3.17. The van der Waals surface area contributed by atoms with E-state index in [1.807, 2.05) is 0 Å². The molecule has 84 valence electrons. The van der Waals surface area contributed by atoms with Crippen LogP contribution in [0.5, 0.6) is 0 Å². The van der Waals surface area contributed by atoms with Gasteiger partial charge in [-0.1, -0.05) is 26.7 Å². The van der Waals surface area contributed by atoms with Crippen molar-refractivity contribution in [3.63, 3.8) is 0 Å². The highest BCUT2D eigenvalue weighted by Gasteiger charge is 2.36. The number of hydrogen-bond acceptors (Lipinski definition) is 2. The van der Waals surface area contributed by atoms with Crippen molar-refractivity contribution >= 4 is 0 Å². The third-order valence-corrected chi connectivity index (χ3v) is 3.17. The maximum absolute atomic E-state index is 6.16. The van der Waals surface area contributed by atoms with Crippen molar-refractivity contribution in [1.29, 1.82) is 0 Å². The van der Waals surface area contributed by atoms with E-state index in [2.05, 4.69) is 26.1 Å². The second-order valence-corrected chi connectivity index (χ2v) is 5.18. The van der Waals surface area contributed by atoms with Crippen LogP contribution in [-0.4, -0.2) is 18.1 Å². The Morgan fingerprint density at radius 1 is 1.36 bits per heavy atom. The topological polar surface area (TPSA) is 38.0 Å². The van der Waals surface area contributed by atoms with Gasteiger partial charge in [0.2, 0.25) is 0 Å². The molecule has 0 aromatic rings. The molecule has 1 aliphatic rings. The zero-order chi connectivity index (χ0) is 10.6. The highest BCUT2D eigenvalue weighted by Crippen LogP contribution is 2.34. The van der Waals surface area contributed by atoms with E-state index in [9.17, 15) is 0 Å². The molecule has 0 bridgehead atoms. The number of hydrogen-bond donors (Lipinski definition) is 2. The van der Waals surface area contributed by atoms with Gasteiger partial charge in [0, 0.05) is 18.1 Å². The Morgan fingerprint density at radius 3 is 2.64 bits per heavy atom. The molecular weight excluding hydrogens is 172 g/mol. The minimum absolute atomic E-state index is 0.00585. The fourth-order valence-corrected chi connectivity index (χ4v) is 2.21. The van der Waals surface area contributed by atoms with Crippen LogP contribution in [0.3, 0.4) is 0 Å². The summed E-state index contributed by atoms with van der Waals surface area (Å²) in [5, 5.41) is 3.59. The van der Waals surface area contributed by atoms with E-state index < -0.39 is 0 Å². The first-order valence-corrected chi connectivity index (χ1v) is 6.11. The van der Waals surface area contributed by atoms with Crippen molar-refractivity contribution < 1.29 is 0 Å². The van der Waals surface area contributed by atoms with Gasteiger partial charge in [0.25, 0.3) is 0 Å². The largest absolute Gasteiger partial charge is 0.324 e. The fraction of sp³-hybridized carbons (Fsp3) is 1.00. The maximum atomic E-state index is 6.16. The molecule has 0 saturated heterocycles. The second kappa shape index (κ2) is 5.13. The summed E-state index contributed by atoms with van der Waals surface area (Å²) in [6.45, 7) is 7.59. The van der Waals surface area contributed by atoms with Crippen LogP contribution in [0.15, 0.2) is 0 Å². The van der Waals surface area contributed by atoms with Crippen LogP contribution in [0.2, 0.25) is 0 Å². The molecule has 0 aliphatic heterocycles. The van der Waals surface area contributed by atoms with Crippen LogP contribution < -0.4 is 11.1 Å². The average Bonchev–Trinajstić information content (AvgIpc) is 2.81. The smallest absolute Gasteiger partial charge is 0.0252 e. The van der Waals surface area contributed by atoms with E-state index in [0.717, 1.165) is 24.9 Å². The quantitative estimate of drug-likeness (QED) is 0.658. The first kappa shape index (κ1) is 12.0. The lowest BCUT2D eigenvalue weighted by atomic mass is 9.98. The molecule has 1 saturated carbocycles. The van der Waals surface area contributed by atoms with Crippen molar-refractivity contribution in [3.8, 4) is 0 Å². The lowest BCUT2D eigenvalue weighted by Crippen LogP contribution is -2.46. The highest BCUT2D eigenvalue weighted by atomic mass is 15.0. The van der Waals surface area contributed by atoms with Crippen molar-refractivity contribution in [2.24, 2.45) is 11.7 Å². The Labute approximate surface area is 88.6 Å². The van der Waals surface area contributed by atoms with Gasteiger partial charge in [0.1, 0.15) is 0 Å². The normalized spacial score (nSPS) is 30.0. The summed E-state index contributed by atoms with van der Waals surface area (Å²) >= 11 is 0. The minimum Gasteiger partial charge on any atom is -0.324 e. The summed E-state index contributed by atoms with van der Waals surface area (Å²) in [6, 6.07) is 0.773. The first-order chi connectivity index (χ1) is 6.59. The Balaban J connectivity index is 2.09. The Morgan fingerprint density at radius 2 is 2.07 bits per heavy atom. The van der Waals surface area contributed by atoms with Crippen molar-refractivity contribution in [1.82, 2.24) is 5.32 Å². The third kappa shape index (κ3) is 3.97. The van der Waals surface area contributed by atoms with Gasteiger partial charge in [-0.25, -0.2) is 0 Å². The van der Waals surface area contributed by atoms with Crippen LogP contribution in [0, 0.1) is 5.92 Å². The summed E-state index contributed by atoms with van der Waals surface area (Å²) < 4.78 is 0. The molecule has 1 fully saturated rings. The number of rotatable bonds is 7. The van der Waals surface area contributed by atoms with Crippen molar-refractivity contribution in [2.45, 2.75) is 64.5 Å². The van der Waals surface area contributed by atoms with Gasteiger partial charge in [-0.05, 0) is 32.1 Å². The van der Waals surface area contributed by atoms with Gasteiger partial charge in [-0.3, -0.25) is 0 Å². The molecule has 3 atom stereocenters. The SMILES string of the molecule is CCCC1CC1NCC(C)(N)CCC. The molecule has 2 heteroatoms. The number of nitrogens with one attached hydrogen (secondary N) is 1. The van der Waals surface area contributed by atoms with Crippen molar-refractivity contribution in [3.05, 3.63) is 0 Å². The zero-order valence-corrected chi connectivity index (χ0v) is 9.97. The van der Waals surface area contributed by atoms with E-state index in [-0.39, 0.29) is 5.54 Å². The zero-order valence-electron chi connectivity index (χ0n) is 9.97. The average molecular weight is 198 g/mol. The summed E-state index contributed by atoms with van der Waals surface area (Å²) in [5.41, 5.74) is 6.15. The molecule has 14 heavy (non-hydrogen) atoms. The number of nitrogens with two attached hydrogens (primary N) is 1. The lowest BCUT2D eigenvalue weighted by Gasteiger charge is -2.24. The van der Waals surface area contributed by atoms with Gasteiger partial charge in [0.05, 0.1) is 0 Å². The van der Waals surface area contributed by atoms with Gasteiger partial charge in [-0.2, -0.15) is 0 Å². The molecular formula is C12H26N2. The first-order valence-electron chi connectivity index (χ1n) is 6.11. The maximum Gasteiger partial charge on any atom is 0.0252 e. The predicted octanol–water partition coefficient (Wildman–Crippen LogP) is 2.28. The van der Waals surface area contributed by atoms with Gasteiger partial charge in [-0.15, -0.1) is 0 Å². The van der Waals surface area contributed by atoms with E-state index in [1.54, 1.807) is 0 Å². The molecule has 0 radical (unpaired) electrons. The lowest BCUT2D eigenvalue weighted by molar-refractivity contribution is 0.390. The van der Waals surface area contributed by atoms with Gasteiger partial charge >= 0.3 is 0 Å². The Kier molecular flexibility index (Phi) is 4.39. The van der Waals surface area contributed by atoms with Crippen LogP contribution in [0.1, 0.15) is 52.9 Å². The monoisotopic (exact) mass is 198 g/mol. The molecule has 0 aromatic heterocycles. The van der Waals surface area contributed by atoms with E-state index in [0.29, 0.717) is 0 Å². The molecule has 1 rings (SSSR count). The molecule has 0 amide bonds. The van der Waals surface area contributed by atoms with Crippen LogP contribution >= 0.6 is 0 Å².